The molecule has 2 aromatic carbocycles. The van der Waals surface area contributed by atoms with Crippen molar-refractivity contribution in [1.29, 1.82) is 0 Å². The first kappa shape index (κ1) is 22.3. The molecule has 9 heteroatoms. The van der Waals surface area contributed by atoms with Crippen molar-refractivity contribution in [2.75, 3.05) is 6.54 Å². The van der Waals surface area contributed by atoms with E-state index >= 15 is 0 Å². The summed E-state index contributed by atoms with van der Waals surface area (Å²) in [6.07, 6.45) is 2.20. The van der Waals surface area contributed by atoms with Crippen LogP contribution in [0.1, 0.15) is 25.7 Å². The highest BCUT2D eigenvalue weighted by molar-refractivity contribution is 7.89. The molecule has 7 nitrogen and oxygen atoms in total. The number of carboxylic acid groups (broad SMARTS) is 1. The first-order chi connectivity index (χ1) is 14.3. The van der Waals surface area contributed by atoms with Crippen molar-refractivity contribution in [3.63, 3.8) is 0 Å². The van der Waals surface area contributed by atoms with Crippen LogP contribution in [0.2, 0.25) is 5.02 Å². The molecule has 0 spiro atoms. The summed E-state index contributed by atoms with van der Waals surface area (Å²) in [7, 11) is -4.01. The monoisotopic (exact) mass is 450 g/mol. The fourth-order valence-electron chi connectivity index (χ4n) is 2.96. The summed E-state index contributed by atoms with van der Waals surface area (Å²) in [5.74, 6) is -1.21. The number of carboxylic acids is 1. The van der Waals surface area contributed by atoms with Gasteiger partial charge in [0.2, 0.25) is 15.9 Å². The maximum absolute atomic E-state index is 12.6. The summed E-state index contributed by atoms with van der Waals surface area (Å²) >= 11 is 5.88. The Balaban J connectivity index is 1.60. The van der Waals surface area contributed by atoms with Crippen LogP contribution in [0.25, 0.3) is 11.1 Å². The van der Waals surface area contributed by atoms with Crippen LogP contribution < -0.4 is 10.0 Å². The molecule has 0 aliphatic heterocycles. The van der Waals surface area contributed by atoms with Gasteiger partial charge in [-0.25, -0.2) is 8.42 Å². The number of amides is 1. The molecule has 0 aromatic heterocycles. The van der Waals surface area contributed by atoms with E-state index < -0.39 is 22.0 Å². The molecule has 3 rings (SSSR count). The summed E-state index contributed by atoms with van der Waals surface area (Å²) in [5.41, 5.74) is 1.69. The molecule has 1 amide bonds. The minimum Gasteiger partial charge on any atom is -0.480 e. The lowest BCUT2D eigenvalue weighted by Gasteiger charge is -2.15. The number of carbonyl (C=O) groups is 2. The quantitative estimate of drug-likeness (QED) is 0.481. The van der Waals surface area contributed by atoms with Crippen LogP contribution in [0.4, 0.5) is 0 Å². The average Bonchev–Trinajstić information content (AvgIpc) is 3.56. The van der Waals surface area contributed by atoms with Crippen molar-refractivity contribution in [1.82, 2.24) is 10.0 Å². The first-order valence-electron chi connectivity index (χ1n) is 9.65. The van der Waals surface area contributed by atoms with E-state index in [0.717, 1.165) is 24.0 Å². The van der Waals surface area contributed by atoms with E-state index in [1.54, 1.807) is 24.3 Å². The lowest BCUT2D eigenvalue weighted by atomic mass is 10.1. The molecule has 0 saturated heterocycles. The average molecular weight is 451 g/mol. The number of aliphatic carboxylic acids is 1. The van der Waals surface area contributed by atoms with E-state index in [1.165, 1.54) is 12.1 Å². The zero-order valence-corrected chi connectivity index (χ0v) is 17.7. The molecular formula is C21H23ClN2O5S. The molecule has 1 aliphatic rings. The highest BCUT2D eigenvalue weighted by atomic mass is 35.5. The Morgan fingerprint density at radius 1 is 1.03 bits per heavy atom. The zero-order chi connectivity index (χ0) is 21.7. The van der Waals surface area contributed by atoms with Crippen molar-refractivity contribution >= 4 is 33.5 Å². The third-order valence-corrected chi connectivity index (χ3v) is 6.59. The molecule has 0 radical (unpaired) electrons. The normalized spacial score (nSPS) is 14.8. The molecule has 3 N–H and O–H groups in total. The second-order valence-electron chi connectivity index (χ2n) is 7.25. The summed E-state index contributed by atoms with van der Waals surface area (Å²) in [5, 5.41) is 12.7. The van der Waals surface area contributed by atoms with Crippen LogP contribution in [0.3, 0.4) is 0 Å². The van der Waals surface area contributed by atoms with Crippen LogP contribution in [-0.4, -0.2) is 38.0 Å². The molecule has 1 aliphatic carbocycles. The highest BCUT2D eigenvalue weighted by Crippen LogP contribution is 2.28. The predicted molar refractivity (Wildman–Crippen MR) is 114 cm³/mol. The molecule has 1 saturated carbocycles. The minimum absolute atomic E-state index is 0.0199. The number of carbonyl (C=O) groups excluding carboxylic acids is 1. The number of hydrogen-bond acceptors (Lipinski definition) is 4. The topological polar surface area (TPSA) is 113 Å². The van der Waals surface area contributed by atoms with Crippen molar-refractivity contribution < 1.29 is 23.1 Å². The predicted octanol–water partition coefficient (Wildman–Crippen LogP) is 3.04. The van der Waals surface area contributed by atoms with Gasteiger partial charge in [0.05, 0.1) is 4.90 Å². The lowest BCUT2D eigenvalue weighted by molar-refractivity contribution is -0.139. The summed E-state index contributed by atoms with van der Waals surface area (Å²) in [6.45, 7) is 0.316. The molecule has 2 aromatic rings. The number of sulfonamides is 1. The molecule has 0 bridgehead atoms. The van der Waals surface area contributed by atoms with Gasteiger partial charge in [-0.05, 0) is 61.1 Å². The molecule has 160 valence electrons. The van der Waals surface area contributed by atoms with Crippen LogP contribution in [-0.2, 0) is 19.6 Å². The van der Waals surface area contributed by atoms with E-state index in [0.29, 0.717) is 18.0 Å². The van der Waals surface area contributed by atoms with E-state index in [9.17, 15) is 23.1 Å². The van der Waals surface area contributed by atoms with Crippen LogP contribution >= 0.6 is 11.6 Å². The number of nitrogens with one attached hydrogen (secondary N) is 2. The molecule has 0 heterocycles. The Labute approximate surface area is 180 Å². The number of hydrogen-bond donors (Lipinski definition) is 3. The third-order valence-electron chi connectivity index (χ3n) is 4.85. The Morgan fingerprint density at radius 3 is 2.13 bits per heavy atom. The van der Waals surface area contributed by atoms with Crippen LogP contribution in [0, 0.1) is 5.92 Å². The second kappa shape index (κ2) is 9.59. The third kappa shape index (κ3) is 6.04. The first-order valence-corrected chi connectivity index (χ1v) is 11.5. The molecule has 1 fully saturated rings. The lowest BCUT2D eigenvalue weighted by Crippen LogP contribution is -2.41. The van der Waals surface area contributed by atoms with E-state index in [4.69, 9.17) is 11.6 Å². The molecule has 1 atom stereocenters. The van der Waals surface area contributed by atoms with Crippen molar-refractivity contribution in [2.24, 2.45) is 5.92 Å². The summed E-state index contributed by atoms with van der Waals surface area (Å²) in [6, 6.07) is 12.0. The van der Waals surface area contributed by atoms with Gasteiger partial charge in [0.1, 0.15) is 6.04 Å². The SMILES string of the molecule is O=C(NCCC[C@@H](NS(=O)(=O)c1ccc(-c2ccc(Cl)cc2)cc1)C(=O)O)C1CC1. The van der Waals surface area contributed by atoms with Crippen LogP contribution in [0.5, 0.6) is 0 Å². The number of rotatable bonds is 10. The van der Waals surface area contributed by atoms with E-state index in [-0.39, 0.29) is 23.1 Å². The van der Waals surface area contributed by atoms with Gasteiger partial charge in [-0.2, -0.15) is 4.72 Å². The molecule has 30 heavy (non-hydrogen) atoms. The van der Waals surface area contributed by atoms with Gasteiger partial charge >= 0.3 is 5.97 Å². The van der Waals surface area contributed by atoms with Gasteiger partial charge in [0, 0.05) is 17.5 Å². The van der Waals surface area contributed by atoms with Crippen molar-refractivity contribution in [3.8, 4) is 11.1 Å². The van der Waals surface area contributed by atoms with Gasteiger partial charge in [-0.15, -0.1) is 0 Å². The van der Waals surface area contributed by atoms with E-state index in [2.05, 4.69) is 10.0 Å². The fraction of sp³-hybridized carbons (Fsp3) is 0.333. The van der Waals surface area contributed by atoms with Gasteiger partial charge < -0.3 is 10.4 Å². The second-order valence-corrected chi connectivity index (χ2v) is 9.40. The Bertz CT molecular complexity index is 1000. The summed E-state index contributed by atoms with van der Waals surface area (Å²) < 4.78 is 27.5. The Kier molecular flexibility index (Phi) is 7.12. The van der Waals surface area contributed by atoms with Crippen molar-refractivity contribution in [2.45, 2.75) is 36.6 Å². The minimum atomic E-state index is -4.01. The standard InChI is InChI=1S/C21H23ClN2O5S/c22-17-9-5-14(6-10-17)15-7-11-18(12-8-15)30(28,29)24-19(21(26)27)2-1-13-23-20(25)16-3-4-16/h5-12,16,19,24H,1-4,13H2,(H,23,25)(H,26,27)/t19-/m1/s1. The smallest absolute Gasteiger partial charge is 0.321 e. The maximum atomic E-state index is 12.6. The van der Waals surface area contributed by atoms with Crippen molar-refractivity contribution in [3.05, 3.63) is 53.6 Å². The number of halogens is 1. The molecular weight excluding hydrogens is 428 g/mol. The van der Waals surface area contributed by atoms with Crippen LogP contribution in [0.15, 0.2) is 53.4 Å². The number of benzene rings is 2. The maximum Gasteiger partial charge on any atom is 0.321 e. The van der Waals surface area contributed by atoms with Gasteiger partial charge in [-0.1, -0.05) is 35.9 Å². The van der Waals surface area contributed by atoms with Gasteiger partial charge in [-0.3, -0.25) is 9.59 Å². The largest absolute Gasteiger partial charge is 0.480 e. The Hall–Kier alpha value is -2.42. The Morgan fingerprint density at radius 2 is 1.60 bits per heavy atom. The van der Waals surface area contributed by atoms with E-state index in [1.807, 2.05) is 12.1 Å². The molecule has 0 unspecified atom stereocenters. The summed E-state index contributed by atoms with van der Waals surface area (Å²) in [4.78, 5) is 23.1. The zero-order valence-electron chi connectivity index (χ0n) is 16.2. The fourth-order valence-corrected chi connectivity index (χ4v) is 4.31. The van der Waals surface area contributed by atoms with Gasteiger partial charge in [0.15, 0.2) is 0 Å². The highest BCUT2D eigenvalue weighted by Gasteiger charge is 2.29. The van der Waals surface area contributed by atoms with Gasteiger partial charge in [0.25, 0.3) is 0 Å².